The van der Waals surface area contributed by atoms with Crippen LogP contribution in [0.1, 0.15) is 30.2 Å². The van der Waals surface area contributed by atoms with Gasteiger partial charge < -0.3 is 19.6 Å². The first-order valence-corrected chi connectivity index (χ1v) is 7.73. The van der Waals surface area contributed by atoms with E-state index in [-0.39, 0.29) is 5.75 Å². The SMILES string of the molecule is COc1ccc(CNc2ccc3nc(C4CC4)oc3c2)cc1O. The van der Waals surface area contributed by atoms with Gasteiger partial charge >= 0.3 is 0 Å². The Morgan fingerprint density at radius 1 is 1.26 bits per heavy atom. The number of anilines is 1. The summed E-state index contributed by atoms with van der Waals surface area (Å²) in [7, 11) is 1.54. The first-order chi connectivity index (χ1) is 11.2. The molecule has 5 heteroatoms. The van der Waals surface area contributed by atoms with E-state index >= 15 is 0 Å². The molecule has 0 aliphatic heterocycles. The minimum absolute atomic E-state index is 0.145. The van der Waals surface area contributed by atoms with Gasteiger partial charge in [-0.1, -0.05) is 6.07 Å². The van der Waals surface area contributed by atoms with Gasteiger partial charge in [-0.25, -0.2) is 4.98 Å². The number of oxazole rings is 1. The van der Waals surface area contributed by atoms with Crippen LogP contribution in [0.5, 0.6) is 11.5 Å². The van der Waals surface area contributed by atoms with Crippen LogP contribution in [-0.2, 0) is 6.54 Å². The van der Waals surface area contributed by atoms with Crippen LogP contribution in [0.15, 0.2) is 40.8 Å². The molecule has 118 valence electrons. The summed E-state index contributed by atoms with van der Waals surface area (Å²) in [6.07, 6.45) is 2.36. The van der Waals surface area contributed by atoms with Crippen LogP contribution in [0.25, 0.3) is 11.1 Å². The lowest BCUT2D eigenvalue weighted by Gasteiger charge is -2.08. The maximum atomic E-state index is 9.81. The minimum atomic E-state index is 0.145. The summed E-state index contributed by atoms with van der Waals surface area (Å²) in [4.78, 5) is 4.52. The van der Waals surface area contributed by atoms with Gasteiger partial charge in [0.2, 0.25) is 0 Å². The van der Waals surface area contributed by atoms with Gasteiger partial charge in [-0.15, -0.1) is 0 Å². The second kappa shape index (κ2) is 5.50. The quantitative estimate of drug-likeness (QED) is 0.744. The molecule has 0 amide bonds. The molecule has 1 fully saturated rings. The fourth-order valence-electron chi connectivity index (χ4n) is 2.61. The molecule has 3 aromatic rings. The first kappa shape index (κ1) is 13.9. The van der Waals surface area contributed by atoms with E-state index in [0.717, 1.165) is 28.2 Å². The van der Waals surface area contributed by atoms with Crippen LogP contribution in [-0.4, -0.2) is 17.2 Å². The van der Waals surface area contributed by atoms with Crippen molar-refractivity contribution in [2.24, 2.45) is 0 Å². The van der Waals surface area contributed by atoms with E-state index in [4.69, 9.17) is 9.15 Å². The molecule has 1 aliphatic carbocycles. The average molecular weight is 310 g/mol. The van der Waals surface area contributed by atoms with Gasteiger partial charge in [-0.05, 0) is 42.7 Å². The lowest BCUT2D eigenvalue weighted by molar-refractivity contribution is 0.373. The highest BCUT2D eigenvalue weighted by atomic mass is 16.5. The van der Waals surface area contributed by atoms with E-state index in [0.29, 0.717) is 18.2 Å². The number of hydrogen-bond donors (Lipinski definition) is 2. The number of fused-ring (bicyclic) bond motifs is 1. The fraction of sp³-hybridized carbons (Fsp3) is 0.278. The van der Waals surface area contributed by atoms with Gasteiger partial charge in [0, 0.05) is 24.2 Å². The first-order valence-electron chi connectivity index (χ1n) is 7.73. The molecule has 0 saturated heterocycles. The number of phenolic OH excluding ortho intramolecular Hbond substituents is 1. The number of methoxy groups -OCH3 is 1. The van der Waals surface area contributed by atoms with Crippen molar-refractivity contribution < 1.29 is 14.3 Å². The van der Waals surface area contributed by atoms with Crippen LogP contribution < -0.4 is 10.1 Å². The van der Waals surface area contributed by atoms with Crippen molar-refractivity contribution in [3.05, 3.63) is 47.9 Å². The Morgan fingerprint density at radius 3 is 2.87 bits per heavy atom. The summed E-state index contributed by atoms with van der Waals surface area (Å²) in [5.74, 6) is 1.99. The van der Waals surface area contributed by atoms with E-state index in [2.05, 4.69) is 10.3 Å². The van der Waals surface area contributed by atoms with E-state index in [1.165, 1.54) is 20.0 Å². The van der Waals surface area contributed by atoms with Gasteiger partial charge in [-0.2, -0.15) is 0 Å². The molecular formula is C18H18N2O3. The number of benzene rings is 2. The minimum Gasteiger partial charge on any atom is -0.504 e. The zero-order chi connectivity index (χ0) is 15.8. The van der Waals surface area contributed by atoms with Crippen molar-refractivity contribution in [2.75, 3.05) is 12.4 Å². The maximum Gasteiger partial charge on any atom is 0.198 e. The van der Waals surface area contributed by atoms with Crippen LogP contribution in [0.2, 0.25) is 0 Å². The van der Waals surface area contributed by atoms with E-state index < -0.39 is 0 Å². The molecule has 4 rings (SSSR count). The molecule has 1 aliphatic rings. The second-order valence-electron chi connectivity index (χ2n) is 5.87. The van der Waals surface area contributed by atoms with Gasteiger partial charge in [0.1, 0.15) is 5.52 Å². The highest BCUT2D eigenvalue weighted by molar-refractivity contribution is 5.77. The summed E-state index contributed by atoms with van der Waals surface area (Å²) < 4.78 is 10.9. The second-order valence-corrected chi connectivity index (χ2v) is 5.87. The average Bonchev–Trinajstić information content (AvgIpc) is 3.32. The van der Waals surface area contributed by atoms with Crippen LogP contribution >= 0.6 is 0 Å². The van der Waals surface area contributed by atoms with E-state index in [9.17, 15) is 5.11 Å². The molecule has 1 aromatic heterocycles. The Hall–Kier alpha value is -2.69. The van der Waals surface area contributed by atoms with Crippen LogP contribution in [0, 0.1) is 0 Å². The smallest absolute Gasteiger partial charge is 0.198 e. The van der Waals surface area contributed by atoms with Crippen molar-refractivity contribution >= 4 is 16.8 Å². The molecule has 0 unspecified atom stereocenters. The molecule has 23 heavy (non-hydrogen) atoms. The van der Waals surface area contributed by atoms with Crippen LogP contribution in [0.3, 0.4) is 0 Å². The molecular weight excluding hydrogens is 292 g/mol. The van der Waals surface area contributed by atoms with E-state index in [1.54, 1.807) is 12.1 Å². The summed E-state index contributed by atoms with van der Waals surface area (Å²) in [6.45, 7) is 0.604. The molecule has 0 spiro atoms. The number of ether oxygens (including phenoxy) is 1. The van der Waals surface area contributed by atoms with Crippen molar-refractivity contribution in [3.63, 3.8) is 0 Å². The van der Waals surface area contributed by atoms with Gasteiger partial charge in [0.15, 0.2) is 23.0 Å². The predicted octanol–water partition coefficient (Wildman–Crippen LogP) is 4.03. The van der Waals surface area contributed by atoms with Gasteiger partial charge in [-0.3, -0.25) is 0 Å². The summed E-state index contributed by atoms with van der Waals surface area (Å²) in [5, 5.41) is 13.1. The molecule has 5 nitrogen and oxygen atoms in total. The highest BCUT2D eigenvalue weighted by Crippen LogP contribution is 2.40. The molecule has 0 bridgehead atoms. The third kappa shape index (κ3) is 2.82. The molecule has 1 heterocycles. The Labute approximate surface area is 133 Å². The highest BCUT2D eigenvalue weighted by Gasteiger charge is 2.28. The summed E-state index contributed by atoms with van der Waals surface area (Å²) in [6, 6.07) is 11.3. The lowest BCUT2D eigenvalue weighted by Crippen LogP contribution is -1.99. The summed E-state index contributed by atoms with van der Waals surface area (Å²) >= 11 is 0. The number of aromatic nitrogens is 1. The Bertz CT molecular complexity index is 853. The third-order valence-corrected chi connectivity index (χ3v) is 4.07. The van der Waals surface area contributed by atoms with E-state index in [1.807, 2.05) is 24.3 Å². The van der Waals surface area contributed by atoms with Gasteiger partial charge in [0.05, 0.1) is 7.11 Å². The summed E-state index contributed by atoms with van der Waals surface area (Å²) in [5.41, 5.74) is 3.65. The lowest BCUT2D eigenvalue weighted by atomic mass is 10.2. The standard InChI is InChI=1S/C18H18N2O3/c1-22-16-7-2-11(8-15(16)21)10-19-13-5-6-14-17(9-13)23-18(20-14)12-3-4-12/h2,5-9,12,19,21H,3-4,10H2,1H3. The number of hydrogen-bond acceptors (Lipinski definition) is 5. The number of nitrogens with one attached hydrogen (secondary N) is 1. The number of rotatable bonds is 5. The normalized spacial score (nSPS) is 14.1. The zero-order valence-electron chi connectivity index (χ0n) is 12.9. The number of aromatic hydroxyl groups is 1. The molecule has 0 radical (unpaired) electrons. The zero-order valence-corrected chi connectivity index (χ0v) is 12.9. The molecule has 2 N–H and O–H groups in total. The maximum absolute atomic E-state index is 9.81. The molecule has 1 saturated carbocycles. The third-order valence-electron chi connectivity index (χ3n) is 4.07. The largest absolute Gasteiger partial charge is 0.504 e. The Kier molecular flexibility index (Phi) is 3.33. The number of nitrogens with zero attached hydrogens (tertiary/aromatic N) is 1. The Morgan fingerprint density at radius 2 is 2.13 bits per heavy atom. The Balaban J connectivity index is 1.49. The monoisotopic (exact) mass is 310 g/mol. The number of phenols is 1. The van der Waals surface area contributed by atoms with Crippen LogP contribution in [0.4, 0.5) is 5.69 Å². The van der Waals surface area contributed by atoms with Crippen molar-refractivity contribution in [3.8, 4) is 11.5 Å². The van der Waals surface area contributed by atoms with Crippen molar-refractivity contribution in [1.82, 2.24) is 4.98 Å². The fourth-order valence-corrected chi connectivity index (χ4v) is 2.61. The molecule has 0 atom stereocenters. The molecule has 2 aromatic carbocycles. The van der Waals surface area contributed by atoms with Crippen molar-refractivity contribution in [1.29, 1.82) is 0 Å². The predicted molar refractivity (Wildman–Crippen MR) is 88.0 cm³/mol. The van der Waals surface area contributed by atoms with Gasteiger partial charge in [0.25, 0.3) is 0 Å². The van der Waals surface area contributed by atoms with Crippen molar-refractivity contribution in [2.45, 2.75) is 25.3 Å². The topological polar surface area (TPSA) is 67.5 Å².